The summed E-state index contributed by atoms with van der Waals surface area (Å²) < 4.78 is 5.93. The van der Waals surface area contributed by atoms with E-state index in [0.29, 0.717) is 36.1 Å². The van der Waals surface area contributed by atoms with E-state index in [1.165, 1.54) is 5.57 Å². The summed E-state index contributed by atoms with van der Waals surface area (Å²) in [4.78, 5) is 40.4. The fourth-order valence-electron chi connectivity index (χ4n) is 12.5. The number of hydrogen-bond donors (Lipinski definition) is 0. The van der Waals surface area contributed by atoms with Crippen LogP contribution in [0.25, 0.3) is 0 Å². The summed E-state index contributed by atoms with van der Waals surface area (Å²) in [5, 5.41) is 0.705. The zero-order valence-corrected chi connectivity index (χ0v) is 29.7. The van der Waals surface area contributed by atoms with Crippen molar-refractivity contribution >= 4 is 29.1 Å². The molecule has 0 spiro atoms. The Balaban J connectivity index is 1.35. The highest BCUT2D eigenvalue weighted by molar-refractivity contribution is 6.30. The number of fused-ring (bicyclic) bond motifs is 7. The van der Waals surface area contributed by atoms with Gasteiger partial charge in [-0.05, 0) is 127 Å². The first-order chi connectivity index (χ1) is 21.0. The Labute approximate surface area is 276 Å². The molecular formula is C40H55ClO4. The topological polar surface area (TPSA) is 60.4 Å². The Morgan fingerprint density at radius 2 is 1.58 bits per heavy atom. The molecule has 45 heavy (non-hydrogen) atoms. The second kappa shape index (κ2) is 11.1. The van der Waals surface area contributed by atoms with Gasteiger partial charge in [0.1, 0.15) is 11.9 Å². The number of hydrogen-bond acceptors (Lipinski definition) is 4. The Morgan fingerprint density at radius 3 is 2.22 bits per heavy atom. The molecule has 0 amide bonds. The first kappa shape index (κ1) is 33.0. The molecule has 4 fully saturated rings. The van der Waals surface area contributed by atoms with Gasteiger partial charge in [-0.15, -0.1) is 0 Å². The van der Waals surface area contributed by atoms with Gasteiger partial charge < -0.3 is 4.74 Å². The highest BCUT2D eigenvalue weighted by atomic mass is 35.5. The molecule has 0 N–H and O–H groups in total. The van der Waals surface area contributed by atoms with Crippen molar-refractivity contribution in [1.29, 1.82) is 0 Å². The van der Waals surface area contributed by atoms with Crippen molar-refractivity contribution in [2.75, 3.05) is 0 Å². The van der Waals surface area contributed by atoms with Crippen LogP contribution in [0.15, 0.2) is 35.4 Å². The van der Waals surface area contributed by atoms with Gasteiger partial charge in [0.25, 0.3) is 0 Å². The van der Waals surface area contributed by atoms with Crippen LogP contribution in [0.2, 0.25) is 5.02 Å². The van der Waals surface area contributed by atoms with E-state index in [2.05, 4.69) is 48.5 Å². The first-order valence-electron chi connectivity index (χ1n) is 17.7. The molecule has 4 saturated carbocycles. The maximum Gasteiger partial charge on any atom is 0.302 e. The van der Waals surface area contributed by atoms with Crippen LogP contribution in [0.3, 0.4) is 0 Å². The predicted octanol–water partition coefficient (Wildman–Crippen LogP) is 9.75. The summed E-state index contributed by atoms with van der Waals surface area (Å²) in [6, 6.07) is 7.82. The molecule has 5 aliphatic rings. The number of ether oxygens (including phenoxy) is 1. The van der Waals surface area contributed by atoms with E-state index in [1.807, 2.05) is 24.3 Å². The third kappa shape index (κ3) is 4.76. The highest BCUT2D eigenvalue weighted by Gasteiger charge is 2.70. The summed E-state index contributed by atoms with van der Waals surface area (Å²) in [6.07, 6.45) is 9.77. The quantitative estimate of drug-likeness (QED) is 0.292. The standard InChI is InChI=1S/C40H55ClO4/c1-24(2)34-29(43)23-40(32(44)16-11-26-9-12-27(41)13-10-26)22-21-38(7)28(35(34)40)14-15-31-37(6)19-18-33(45-25(3)42)36(4,5)30(37)17-20-39(31,38)8/h9-10,12-13,24,28,30-31,33H,11,14-23H2,1-8H3/t28-,30+,31-,33+,37+,38-,39-,40+/m1/s1. The summed E-state index contributed by atoms with van der Waals surface area (Å²) in [6.45, 7) is 18.2. The van der Waals surface area contributed by atoms with Crippen LogP contribution in [-0.2, 0) is 25.5 Å². The number of allylic oxidation sites excluding steroid dienone is 2. The van der Waals surface area contributed by atoms with Crippen LogP contribution in [-0.4, -0.2) is 23.6 Å². The third-order valence-electron chi connectivity index (χ3n) is 14.8. The van der Waals surface area contributed by atoms with Crippen LogP contribution >= 0.6 is 11.6 Å². The van der Waals surface area contributed by atoms with Crippen molar-refractivity contribution in [3.05, 3.63) is 46.0 Å². The molecule has 5 heteroatoms. The van der Waals surface area contributed by atoms with Gasteiger partial charge in [0.2, 0.25) is 0 Å². The minimum atomic E-state index is -0.637. The molecule has 0 radical (unpaired) electrons. The molecule has 246 valence electrons. The summed E-state index contributed by atoms with van der Waals surface area (Å²) in [7, 11) is 0. The average molecular weight is 635 g/mol. The summed E-state index contributed by atoms with van der Waals surface area (Å²) in [5.74, 6) is 1.77. The molecule has 4 nitrogen and oxygen atoms in total. The predicted molar refractivity (Wildman–Crippen MR) is 180 cm³/mol. The Morgan fingerprint density at radius 1 is 0.889 bits per heavy atom. The number of carbonyl (C=O) groups is 3. The number of halogens is 1. The number of esters is 1. The Hall–Kier alpha value is -1.94. The highest BCUT2D eigenvalue weighted by Crippen LogP contribution is 2.76. The average Bonchev–Trinajstić information content (AvgIpc) is 3.27. The van der Waals surface area contributed by atoms with Crippen LogP contribution in [0, 0.1) is 50.7 Å². The lowest BCUT2D eigenvalue weighted by atomic mass is 9.33. The zero-order valence-electron chi connectivity index (χ0n) is 29.0. The number of ketones is 2. The van der Waals surface area contributed by atoms with E-state index in [4.69, 9.17) is 16.3 Å². The smallest absolute Gasteiger partial charge is 0.302 e. The van der Waals surface area contributed by atoms with Gasteiger partial charge in [0.05, 0.1) is 5.41 Å². The second-order valence-electron chi connectivity index (χ2n) is 17.3. The fourth-order valence-corrected chi connectivity index (χ4v) is 12.6. The number of Topliss-reactive ketones (excluding diaryl/α,β-unsaturated/α-hetero) is 2. The van der Waals surface area contributed by atoms with Crippen LogP contribution in [0.5, 0.6) is 0 Å². The number of aryl methyl sites for hydroxylation is 1. The SMILES string of the molecule is CC(=O)O[C@H]1CC[C@]2(C)[C@H]3CC[C@@H]4C5=C(C(C)C)C(=O)C[C@]5(C(=O)CCc5ccc(Cl)cc5)CC[C@@]4(C)[C@]3(C)CC[C@H]2C1(C)C. The molecule has 6 rings (SSSR count). The number of rotatable bonds is 6. The summed E-state index contributed by atoms with van der Waals surface area (Å²) in [5.41, 5.74) is 2.96. The molecule has 0 unspecified atom stereocenters. The maximum absolute atomic E-state index is 14.5. The van der Waals surface area contributed by atoms with E-state index in [1.54, 1.807) is 6.92 Å². The van der Waals surface area contributed by atoms with Crippen LogP contribution < -0.4 is 0 Å². The monoisotopic (exact) mass is 634 g/mol. The van der Waals surface area contributed by atoms with Gasteiger partial charge in [-0.3, -0.25) is 14.4 Å². The molecule has 1 aromatic carbocycles. The lowest BCUT2D eigenvalue weighted by Gasteiger charge is -2.72. The fraction of sp³-hybridized carbons (Fsp3) is 0.725. The zero-order chi connectivity index (χ0) is 32.7. The number of benzene rings is 1. The van der Waals surface area contributed by atoms with Crippen molar-refractivity contribution in [1.82, 2.24) is 0 Å². The van der Waals surface area contributed by atoms with Crippen LogP contribution in [0.4, 0.5) is 0 Å². The van der Waals surface area contributed by atoms with Crippen molar-refractivity contribution in [2.45, 2.75) is 132 Å². The minimum absolute atomic E-state index is 0.0261. The molecule has 0 bridgehead atoms. The Bertz CT molecular complexity index is 1420. The van der Waals surface area contributed by atoms with E-state index >= 15 is 0 Å². The van der Waals surface area contributed by atoms with E-state index in [0.717, 1.165) is 62.5 Å². The normalized spacial score (nSPS) is 40.4. The van der Waals surface area contributed by atoms with Gasteiger partial charge in [0.15, 0.2) is 5.78 Å². The minimum Gasteiger partial charge on any atom is -0.462 e. The van der Waals surface area contributed by atoms with Gasteiger partial charge in [0, 0.05) is 30.2 Å². The van der Waals surface area contributed by atoms with Gasteiger partial charge in [-0.25, -0.2) is 0 Å². The molecule has 0 aliphatic heterocycles. The number of carbonyl (C=O) groups excluding carboxylic acids is 3. The van der Waals surface area contributed by atoms with E-state index < -0.39 is 5.41 Å². The van der Waals surface area contributed by atoms with E-state index in [9.17, 15) is 14.4 Å². The molecule has 0 aromatic heterocycles. The van der Waals surface area contributed by atoms with Gasteiger partial charge in [-0.1, -0.05) is 72.2 Å². The molecule has 0 heterocycles. The largest absolute Gasteiger partial charge is 0.462 e. The molecule has 1 aromatic rings. The van der Waals surface area contributed by atoms with Crippen molar-refractivity contribution in [3.63, 3.8) is 0 Å². The second-order valence-corrected chi connectivity index (χ2v) is 17.7. The van der Waals surface area contributed by atoms with Crippen molar-refractivity contribution in [2.24, 2.45) is 50.7 Å². The van der Waals surface area contributed by atoms with Crippen LogP contribution in [0.1, 0.15) is 125 Å². The first-order valence-corrected chi connectivity index (χ1v) is 18.1. The van der Waals surface area contributed by atoms with E-state index in [-0.39, 0.29) is 57.1 Å². The van der Waals surface area contributed by atoms with Gasteiger partial charge in [-0.2, -0.15) is 0 Å². The van der Waals surface area contributed by atoms with Crippen molar-refractivity contribution in [3.8, 4) is 0 Å². The molecule has 0 saturated heterocycles. The van der Waals surface area contributed by atoms with Gasteiger partial charge >= 0.3 is 5.97 Å². The lowest BCUT2D eigenvalue weighted by molar-refractivity contribution is -0.232. The Kier molecular flexibility index (Phi) is 8.11. The molecule has 5 aliphatic carbocycles. The lowest BCUT2D eigenvalue weighted by Crippen LogP contribution is -2.66. The maximum atomic E-state index is 14.5. The van der Waals surface area contributed by atoms with Crippen molar-refractivity contribution < 1.29 is 19.1 Å². The third-order valence-corrected chi connectivity index (χ3v) is 15.0. The summed E-state index contributed by atoms with van der Waals surface area (Å²) >= 11 is 6.12. The molecular weight excluding hydrogens is 580 g/mol. The molecule has 8 atom stereocenters.